The minimum absolute atomic E-state index is 0. The molecular weight excluding hydrogens is 493 g/mol. The third kappa shape index (κ3) is 8.59. The van der Waals surface area contributed by atoms with Gasteiger partial charge in [0.2, 0.25) is 0 Å². The van der Waals surface area contributed by atoms with Crippen LogP contribution in [-0.2, 0) is 16.0 Å². The van der Waals surface area contributed by atoms with Gasteiger partial charge in [-0.15, -0.1) is 24.0 Å². The second-order valence-electron chi connectivity index (χ2n) is 8.45. The molecule has 1 aromatic rings. The first-order chi connectivity index (χ1) is 13.9. The molecule has 1 atom stereocenters. The van der Waals surface area contributed by atoms with Crippen LogP contribution in [0.5, 0.6) is 5.75 Å². The summed E-state index contributed by atoms with van der Waals surface area (Å²) < 4.78 is 17.5. The van der Waals surface area contributed by atoms with E-state index in [0.717, 1.165) is 49.7 Å². The van der Waals surface area contributed by atoms with Crippen molar-refractivity contribution >= 4 is 29.9 Å². The Morgan fingerprint density at radius 2 is 1.90 bits per heavy atom. The molecule has 30 heavy (non-hydrogen) atoms. The summed E-state index contributed by atoms with van der Waals surface area (Å²) in [4.78, 5) is 4.37. The van der Waals surface area contributed by atoms with Gasteiger partial charge in [-0.2, -0.15) is 0 Å². The lowest BCUT2D eigenvalue weighted by Crippen LogP contribution is -2.50. The topological polar surface area (TPSA) is 64.1 Å². The summed E-state index contributed by atoms with van der Waals surface area (Å²) in [6, 6.07) is 6.36. The number of aryl methyl sites for hydroxylation is 1. The number of methoxy groups -OCH3 is 1. The molecule has 1 heterocycles. The second kappa shape index (κ2) is 13.4. The molecule has 0 radical (unpaired) electrons. The quantitative estimate of drug-likeness (QED) is 0.282. The predicted molar refractivity (Wildman–Crippen MR) is 134 cm³/mol. The fraction of sp³-hybridized carbons (Fsp3) is 0.696. The van der Waals surface area contributed by atoms with E-state index in [4.69, 9.17) is 14.2 Å². The zero-order valence-electron chi connectivity index (χ0n) is 19.4. The number of nitrogens with zero attached hydrogens (tertiary/aromatic N) is 1. The molecule has 0 spiro atoms. The lowest BCUT2D eigenvalue weighted by Gasteiger charge is -2.36. The van der Waals surface area contributed by atoms with Crippen LogP contribution in [0.25, 0.3) is 0 Å². The first kappa shape index (κ1) is 27.0. The summed E-state index contributed by atoms with van der Waals surface area (Å²) in [5.41, 5.74) is 2.13. The molecule has 1 aromatic carbocycles. The summed E-state index contributed by atoms with van der Waals surface area (Å²) in [7, 11) is 3.56. The second-order valence-corrected chi connectivity index (χ2v) is 8.45. The lowest BCUT2D eigenvalue weighted by atomic mass is 9.94. The van der Waals surface area contributed by atoms with Crippen molar-refractivity contribution in [3.8, 4) is 5.75 Å². The van der Waals surface area contributed by atoms with Crippen molar-refractivity contribution in [2.24, 2.45) is 10.9 Å². The van der Waals surface area contributed by atoms with E-state index in [-0.39, 0.29) is 35.7 Å². The van der Waals surface area contributed by atoms with Crippen LogP contribution in [0.15, 0.2) is 23.2 Å². The van der Waals surface area contributed by atoms with E-state index in [2.05, 4.69) is 61.5 Å². The van der Waals surface area contributed by atoms with Gasteiger partial charge in [-0.3, -0.25) is 4.99 Å². The van der Waals surface area contributed by atoms with Crippen molar-refractivity contribution < 1.29 is 14.2 Å². The Hall–Kier alpha value is -1.06. The minimum atomic E-state index is -0.194. The molecule has 6 nitrogen and oxygen atoms in total. The fourth-order valence-corrected chi connectivity index (χ4v) is 3.69. The molecule has 0 aromatic heterocycles. The van der Waals surface area contributed by atoms with Crippen molar-refractivity contribution in [2.75, 3.05) is 33.9 Å². The molecule has 0 saturated carbocycles. The van der Waals surface area contributed by atoms with Gasteiger partial charge in [-0.25, -0.2) is 0 Å². The molecule has 0 amide bonds. The molecule has 1 fully saturated rings. The third-order valence-electron chi connectivity index (χ3n) is 5.44. The Balaban J connectivity index is 0.00000450. The van der Waals surface area contributed by atoms with Gasteiger partial charge in [-0.1, -0.05) is 26.0 Å². The summed E-state index contributed by atoms with van der Waals surface area (Å²) >= 11 is 0. The van der Waals surface area contributed by atoms with E-state index in [9.17, 15) is 0 Å². The Morgan fingerprint density at radius 3 is 2.50 bits per heavy atom. The smallest absolute Gasteiger partial charge is 0.191 e. The average Bonchev–Trinajstić information content (AvgIpc) is 2.69. The van der Waals surface area contributed by atoms with Gasteiger partial charge in [-0.05, 0) is 37.8 Å². The number of ether oxygens (including phenoxy) is 3. The standard InChI is InChI=1S/C23H39N3O3.HI/c1-17(2)13-19(4)29-21-14-18(3)7-8-20(21)15-25-22(24-5)26-16-23(27-6)9-11-28-12-10-23;/h7-8,14,17,19H,9-13,15-16H2,1-6H3,(H2,24,25,26);1H. The number of hydrogen-bond acceptors (Lipinski definition) is 4. The average molecular weight is 533 g/mol. The van der Waals surface area contributed by atoms with Crippen molar-refractivity contribution in [3.63, 3.8) is 0 Å². The van der Waals surface area contributed by atoms with Crippen LogP contribution in [0.2, 0.25) is 0 Å². The number of hydrogen-bond donors (Lipinski definition) is 2. The molecule has 2 rings (SSSR count). The van der Waals surface area contributed by atoms with Crippen molar-refractivity contribution in [2.45, 2.75) is 65.2 Å². The highest BCUT2D eigenvalue weighted by Crippen LogP contribution is 2.24. The highest BCUT2D eigenvalue weighted by Gasteiger charge is 2.32. The van der Waals surface area contributed by atoms with E-state index in [1.807, 2.05) is 0 Å². The molecule has 1 aliphatic rings. The van der Waals surface area contributed by atoms with Gasteiger partial charge in [0.1, 0.15) is 5.75 Å². The molecule has 1 unspecified atom stereocenters. The molecular formula is C23H40IN3O3. The largest absolute Gasteiger partial charge is 0.490 e. The number of halogens is 1. The summed E-state index contributed by atoms with van der Waals surface area (Å²) in [6.45, 7) is 11.5. The van der Waals surface area contributed by atoms with E-state index >= 15 is 0 Å². The Bertz CT molecular complexity index is 661. The predicted octanol–water partition coefficient (Wildman–Crippen LogP) is 4.29. The Morgan fingerprint density at radius 1 is 1.20 bits per heavy atom. The first-order valence-electron chi connectivity index (χ1n) is 10.7. The SMILES string of the molecule is CN=C(NCc1ccc(C)cc1OC(C)CC(C)C)NCC1(OC)CCOCC1.I. The monoisotopic (exact) mass is 533 g/mol. The molecule has 0 bridgehead atoms. The van der Waals surface area contributed by atoms with Gasteiger partial charge in [0, 0.05) is 58.9 Å². The molecule has 172 valence electrons. The van der Waals surface area contributed by atoms with Gasteiger partial charge in [0.15, 0.2) is 5.96 Å². The van der Waals surface area contributed by atoms with Crippen LogP contribution >= 0.6 is 24.0 Å². The number of guanidine groups is 1. The maximum absolute atomic E-state index is 6.26. The van der Waals surface area contributed by atoms with Crippen molar-refractivity contribution in [1.82, 2.24) is 10.6 Å². The van der Waals surface area contributed by atoms with Gasteiger partial charge >= 0.3 is 0 Å². The Kier molecular flexibility index (Phi) is 12.0. The maximum Gasteiger partial charge on any atom is 0.191 e. The summed E-state index contributed by atoms with van der Waals surface area (Å²) in [6.07, 6.45) is 2.99. The Labute approximate surface area is 199 Å². The van der Waals surface area contributed by atoms with Crippen LogP contribution in [0.1, 0.15) is 51.2 Å². The highest BCUT2D eigenvalue weighted by atomic mass is 127. The zero-order valence-corrected chi connectivity index (χ0v) is 21.7. The molecule has 1 saturated heterocycles. The van der Waals surface area contributed by atoms with E-state index in [0.29, 0.717) is 19.0 Å². The number of aliphatic imine (C=N–C) groups is 1. The van der Waals surface area contributed by atoms with Crippen LogP contribution in [-0.4, -0.2) is 51.6 Å². The van der Waals surface area contributed by atoms with Crippen molar-refractivity contribution in [1.29, 1.82) is 0 Å². The number of nitrogens with one attached hydrogen (secondary N) is 2. The zero-order chi connectivity index (χ0) is 21.3. The first-order valence-corrected chi connectivity index (χ1v) is 10.7. The summed E-state index contributed by atoms with van der Waals surface area (Å²) in [5, 5.41) is 6.83. The summed E-state index contributed by atoms with van der Waals surface area (Å²) in [5.74, 6) is 2.31. The fourth-order valence-electron chi connectivity index (χ4n) is 3.69. The lowest BCUT2D eigenvalue weighted by molar-refractivity contribution is -0.0855. The maximum atomic E-state index is 6.26. The van der Waals surface area contributed by atoms with E-state index in [1.165, 1.54) is 5.56 Å². The van der Waals surface area contributed by atoms with Crippen LogP contribution in [0.3, 0.4) is 0 Å². The highest BCUT2D eigenvalue weighted by molar-refractivity contribution is 14.0. The van der Waals surface area contributed by atoms with E-state index in [1.54, 1.807) is 14.2 Å². The van der Waals surface area contributed by atoms with E-state index < -0.39 is 0 Å². The molecule has 2 N–H and O–H groups in total. The van der Waals surface area contributed by atoms with Crippen LogP contribution < -0.4 is 15.4 Å². The van der Waals surface area contributed by atoms with Crippen molar-refractivity contribution in [3.05, 3.63) is 29.3 Å². The van der Waals surface area contributed by atoms with Crippen LogP contribution in [0.4, 0.5) is 0 Å². The third-order valence-corrected chi connectivity index (χ3v) is 5.44. The molecule has 7 heteroatoms. The van der Waals surface area contributed by atoms with Gasteiger partial charge in [0.25, 0.3) is 0 Å². The number of benzene rings is 1. The number of rotatable bonds is 9. The van der Waals surface area contributed by atoms with Gasteiger partial charge in [0.05, 0.1) is 11.7 Å². The molecule has 1 aliphatic heterocycles. The van der Waals surface area contributed by atoms with Gasteiger partial charge < -0.3 is 24.8 Å². The minimum Gasteiger partial charge on any atom is -0.490 e. The van der Waals surface area contributed by atoms with Crippen LogP contribution in [0, 0.1) is 12.8 Å². The molecule has 0 aliphatic carbocycles. The normalized spacial score (nSPS) is 17.2.